The van der Waals surface area contributed by atoms with Crippen molar-refractivity contribution < 1.29 is 0 Å². The van der Waals surface area contributed by atoms with Crippen molar-refractivity contribution >= 4 is 21.5 Å². The number of hydrogen-bond donors (Lipinski definition) is 0. The van der Waals surface area contributed by atoms with Crippen molar-refractivity contribution in [2.24, 2.45) is 0 Å². The summed E-state index contributed by atoms with van der Waals surface area (Å²) in [4.78, 5) is 24.9. The van der Waals surface area contributed by atoms with E-state index < -0.39 is 0 Å². The first-order chi connectivity index (χ1) is 27.7. The van der Waals surface area contributed by atoms with Crippen LogP contribution in [0.1, 0.15) is 0 Å². The molecule has 0 fully saturated rings. The van der Waals surface area contributed by atoms with Gasteiger partial charge < -0.3 is 0 Å². The van der Waals surface area contributed by atoms with Crippen LogP contribution in [0.3, 0.4) is 0 Å². The van der Waals surface area contributed by atoms with E-state index in [2.05, 4.69) is 140 Å². The third-order valence-electron chi connectivity index (χ3n) is 10.2. The van der Waals surface area contributed by atoms with Crippen molar-refractivity contribution in [2.75, 3.05) is 0 Å². The Kier molecular flexibility index (Phi) is 8.43. The molecule has 56 heavy (non-hydrogen) atoms. The fraction of sp³-hybridized carbons (Fsp3) is 0. The minimum absolute atomic E-state index is 0.680. The first-order valence-electron chi connectivity index (χ1n) is 18.6. The number of fused-ring (bicyclic) bond motifs is 2. The Balaban J connectivity index is 0.994. The summed E-state index contributed by atoms with van der Waals surface area (Å²) < 4.78 is 0. The molecule has 262 valence electrons. The molecular weight excluding hydrogens is 683 g/mol. The first-order valence-corrected chi connectivity index (χ1v) is 18.6. The van der Waals surface area contributed by atoms with Gasteiger partial charge in [-0.2, -0.15) is 0 Å². The van der Waals surface area contributed by atoms with Crippen molar-refractivity contribution in [3.8, 4) is 78.9 Å². The average Bonchev–Trinajstić information content (AvgIpc) is 3.29. The molecule has 4 heterocycles. The lowest BCUT2D eigenvalue weighted by molar-refractivity contribution is 1.18. The van der Waals surface area contributed by atoms with Crippen LogP contribution in [-0.4, -0.2) is 24.9 Å². The molecule has 0 radical (unpaired) electrons. The van der Waals surface area contributed by atoms with E-state index in [0.29, 0.717) is 5.82 Å². The number of aromatic nitrogens is 5. The van der Waals surface area contributed by atoms with Crippen LogP contribution >= 0.6 is 0 Å². The largest absolute Gasteiger partial charge is 0.254 e. The molecule has 0 amide bonds. The molecule has 0 aliphatic carbocycles. The number of nitrogens with zero attached hydrogens (tertiary/aromatic N) is 5. The van der Waals surface area contributed by atoms with E-state index in [1.165, 1.54) is 10.8 Å². The van der Waals surface area contributed by atoms with Crippen molar-refractivity contribution in [1.82, 2.24) is 24.9 Å². The van der Waals surface area contributed by atoms with E-state index >= 15 is 0 Å². The monoisotopic (exact) mass is 715 g/mol. The maximum absolute atomic E-state index is 5.14. The summed E-state index contributed by atoms with van der Waals surface area (Å²) in [5.41, 5.74) is 12.2. The Morgan fingerprint density at radius 3 is 1.43 bits per heavy atom. The van der Waals surface area contributed by atoms with Gasteiger partial charge >= 0.3 is 0 Å². The highest BCUT2D eigenvalue weighted by molar-refractivity contribution is 5.89. The van der Waals surface area contributed by atoms with Gasteiger partial charge in [-0.1, -0.05) is 152 Å². The molecule has 0 atom stereocenters. The van der Waals surface area contributed by atoms with Gasteiger partial charge in [0, 0.05) is 40.0 Å². The van der Waals surface area contributed by atoms with Crippen LogP contribution in [0.2, 0.25) is 0 Å². The summed E-state index contributed by atoms with van der Waals surface area (Å²) >= 11 is 0. The SMILES string of the molecule is c1ccc(-c2cc(-c3ccccc3)nc(-c3ccc(-c4ccc(-c5cc(-c6ccc7ccccc7c6)cc(-c6cc7ccccc7cn6)n5)nc4)cc3)n2)cc1. The van der Waals surface area contributed by atoms with Crippen molar-refractivity contribution in [2.45, 2.75) is 0 Å². The second kappa shape index (κ2) is 14.3. The summed E-state index contributed by atoms with van der Waals surface area (Å²) in [5, 5.41) is 4.61. The molecule has 5 nitrogen and oxygen atoms in total. The normalized spacial score (nSPS) is 11.2. The highest BCUT2D eigenvalue weighted by atomic mass is 14.9. The van der Waals surface area contributed by atoms with Gasteiger partial charge in [0.1, 0.15) is 0 Å². The van der Waals surface area contributed by atoms with Gasteiger partial charge in [-0.15, -0.1) is 0 Å². The predicted molar refractivity (Wildman–Crippen MR) is 228 cm³/mol. The lowest BCUT2D eigenvalue weighted by atomic mass is 9.99. The lowest BCUT2D eigenvalue weighted by Crippen LogP contribution is -1.96. The summed E-state index contributed by atoms with van der Waals surface area (Å²) in [7, 11) is 0. The second-order valence-electron chi connectivity index (χ2n) is 13.8. The van der Waals surface area contributed by atoms with Crippen molar-refractivity contribution in [1.29, 1.82) is 0 Å². The predicted octanol–water partition coefficient (Wildman–Crippen LogP) is 12.6. The van der Waals surface area contributed by atoms with E-state index in [0.717, 1.165) is 83.9 Å². The Hall–Kier alpha value is -7.63. The van der Waals surface area contributed by atoms with E-state index in [4.69, 9.17) is 24.9 Å². The molecule has 10 aromatic rings. The molecule has 0 saturated heterocycles. The van der Waals surface area contributed by atoms with Gasteiger partial charge in [-0.3, -0.25) is 9.97 Å². The van der Waals surface area contributed by atoms with Gasteiger partial charge in [-0.05, 0) is 69.2 Å². The van der Waals surface area contributed by atoms with Crippen molar-refractivity contribution in [3.63, 3.8) is 0 Å². The van der Waals surface area contributed by atoms with Crippen LogP contribution in [0.5, 0.6) is 0 Å². The Bertz CT molecular complexity index is 2840. The Morgan fingerprint density at radius 1 is 0.232 bits per heavy atom. The van der Waals surface area contributed by atoms with Gasteiger partial charge in [0.2, 0.25) is 0 Å². The van der Waals surface area contributed by atoms with Crippen LogP contribution in [0.25, 0.3) is 100 Å². The standard InChI is InChI=1S/C51H33N5/c1-3-12-36(13-4-1)46-31-47(37-14-5-2-6-15-37)56-51(55-46)38-22-19-35(20-23-38)43-25-26-45(52-33-43)49-29-44(41-24-21-34-11-7-8-16-39(34)27-41)30-50(54-49)48-28-40-17-9-10-18-42(40)32-53-48/h1-33H. The molecular formula is C51H33N5. The van der Waals surface area contributed by atoms with Crippen LogP contribution in [0.15, 0.2) is 200 Å². The van der Waals surface area contributed by atoms with E-state index in [9.17, 15) is 0 Å². The molecule has 0 saturated carbocycles. The summed E-state index contributed by atoms with van der Waals surface area (Å²) in [5.74, 6) is 0.680. The molecule has 5 heteroatoms. The van der Waals surface area contributed by atoms with Gasteiger partial charge in [0.15, 0.2) is 5.82 Å². The molecule has 0 aliphatic heterocycles. The minimum atomic E-state index is 0.680. The molecule has 0 aliphatic rings. The topological polar surface area (TPSA) is 64.5 Å². The van der Waals surface area contributed by atoms with Crippen LogP contribution < -0.4 is 0 Å². The molecule has 0 N–H and O–H groups in total. The van der Waals surface area contributed by atoms with Crippen LogP contribution in [-0.2, 0) is 0 Å². The minimum Gasteiger partial charge on any atom is -0.254 e. The smallest absolute Gasteiger partial charge is 0.160 e. The maximum atomic E-state index is 5.14. The van der Waals surface area contributed by atoms with E-state index in [1.807, 2.05) is 60.9 Å². The lowest BCUT2D eigenvalue weighted by Gasteiger charge is -2.11. The van der Waals surface area contributed by atoms with Gasteiger partial charge in [0.25, 0.3) is 0 Å². The molecule has 4 aromatic heterocycles. The first kappa shape index (κ1) is 33.0. The Morgan fingerprint density at radius 2 is 0.768 bits per heavy atom. The highest BCUT2D eigenvalue weighted by Crippen LogP contribution is 2.33. The van der Waals surface area contributed by atoms with Crippen LogP contribution in [0.4, 0.5) is 0 Å². The van der Waals surface area contributed by atoms with Gasteiger partial charge in [-0.25, -0.2) is 15.0 Å². The number of pyridine rings is 3. The maximum Gasteiger partial charge on any atom is 0.160 e. The average molecular weight is 716 g/mol. The fourth-order valence-corrected chi connectivity index (χ4v) is 7.17. The zero-order valence-electron chi connectivity index (χ0n) is 30.3. The molecule has 0 spiro atoms. The Labute approximate surface area is 324 Å². The zero-order chi connectivity index (χ0) is 37.3. The fourth-order valence-electron chi connectivity index (χ4n) is 7.17. The number of benzene rings is 6. The molecule has 0 unspecified atom stereocenters. The summed E-state index contributed by atoms with van der Waals surface area (Å²) in [6.07, 6.45) is 3.84. The molecule has 6 aromatic carbocycles. The number of hydrogen-bond acceptors (Lipinski definition) is 5. The molecule has 10 rings (SSSR count). The van der Waals surface area contributed by atoms with Gasteiger partial charge in [0.05, 0.1) is 34.2 Å². The second-order valence-corrected chi connectivity index (χ2v) is 13.8. The van der Waals surface area contributed by atoms with E-state index in [1.54, 1.807) is 0 Å². The summed E-state index contributed by atoms with van der Waals surface area (Å²) in [6.45, 7) is 0. The van der Waals surface area contributed by atoms with E-state index in [-0.39, 0.29) is 0 Å². The third-order valence-corrected chi connectivity index (χ3v) is 10.2. The quantitative estimate of drug-likeness (QED) is 0.164. The number of rotatable bonds is 7. The highest BCUT2D eigenvalue weighted by Gasteiger charge is 2.14. The zero-order valence-corrected chi connectivity index (χ0v) is 30.3. The van der Waals surface area contributed by atoms with Crippen LogP contribution in [0, 0.1) is 0 Å². The molecule has 0 bridgehead atoms. The van der Waals surface area contributed by atoms with Crippen molar-refractivity contribution in [3.05, 3.63) is 200 Å². The third kappa shape index (κ3) is 6.59. The summed E-state index contributed by atoms with van der Waals surface area (Å²) in [6, 6.07) is 64.7.